The van der Waals surface area contributed by atoms with Crippen molar-refractivity contribution in [3.8, 4) is 0 Å². The van der Waals surface area contributed by atoms with Crippen molar-refractivity contribution in [3.63, 3.8) is 0 Å². The molecule has 0 spiro atoms. The van der Waals surface area contributed by atoms with E-state index in [4.69, 9.17) is 4.74 Å². The minimum atomic E-state index is -0.868. The van der Waals surface area contributed by atoms with Crippen LogP contribution in [0.15, 0.2) is 18.0 Å². The molecule has 0 saturated carbocycles. The number of rotatable bonds is 3. The largest absolute Gasteiger partial charge is 0.461 e. The zero-order chi connectivity index (χ0) is 15.7. The maximum Gasteiger partial charge on any atom is 0.367 e. The van der Waals surface area contributed by atoms with Gasteiger partial charge >= 0.3 is 5.97 Å². The van der Waals surface area contributed by atoms with E-state index in [1.165, 1.54) is 16.8 Å². The van der Waals surface area contributed by atoms with Crippen molar-refractivity contribution < 1.29 is 13.9 Å². The highest BCUT2D eigenvalue weighted by Crippen LogP contribution is 2.37. The second-order valence-corrected chi connectivity index (χ2v) is 6.00. The molecule has 2 aliphatic rings. The quantitative estimate of drug-likeness (QED) is 0.630. The van der Waals surface area contributed by atoms with Crippen LogP contribution in [0, 0.1) is 0 Å². The number of carbonyl (C=O) groups excluding carboxylic acids is 1. The van der Waals surface area contributed by atoms with E-state index in [0.717, 1.165) is 44.3 Å². The molecule has 3 rings (SSSR count). The van der Waals surface area contributed by atoms with Gasteiger partial charge in [-0.3, -0.25) is 0 Å². The Morgan fingerprint density at radius 1 is 1.23 bits per heavy atom. The zero-order valence-electron chi connectivity index (χ0n) is 13.2. The van der Waals surface area contributed by atoms with Gasteiger partial charge in [-0.05, 0) is 73.9 Å². The van der Waals surface area contributed by atoms with Gasteiger partial charge in [-0.1, -0.05) is 0 Å². The number of esters is 1. The molecule has 0 bridgehead atoms. The number of anilines is 1. The van der Waals surface area contributed by atoms with Crippen molar-refractivity contribution in [1.29, 1.82) is 0 Å². The second-order valence-electron chi connectivity index (χ2n) is 6.00. The molecule has 0 amide bonds. The lowest BCUT2D eigenvalue weighted by Gasteiger charge is -2.37. The number of allylic oxidation sites excluding steroid dienone is 1. The van der Waals surface area contributed by atoms with Crippen LogP contribution in [0.2, 0.25) is 0 Å². The van der Waals surface area contributed by atoms with Gasteiger partial charge in [-0.2, -0.15) is 4.39 Å². The van der Waals surface area contributed by atoms with Crippen LogP contribution in [-0.4, -0.2) is 25.7 Å². The molecule has 1 aromatic rings. The summed E-state index contributed by atoms with van der Waals surface area (Å²) in [6.45, 7) is 5.75. The summed E-state index contributed by atoms with van der Waals surface area (Å²) in [5, 5.41) is 0. The molecule has 0 saturated heterocycles. The lowest BCUT2D eigenvalue weighted by atomic mass is 9.88. The third-order valence-corrected chi connectivity index (χ3v) is 4.55. The van der Waals surface area contributed by atoms with E-state index in [0.29, 0.717) is 5.57 Å². The molecule has 4 heteroatoms. The average Bonchev–Trinajstić information content (AvgIpc) is 2.54. The molecular weight excluding hydrogens is 281 g/mol. The molecule has 0 aromatic heterocycles. The Hall–Kier alpha value is -1.84. The third-order valence-electron chi connectivity index (χ3n) is 4.55. The minimum Gasteiger partial charge on any atom is -0.461 e. The van der Waals surface area contributed by atoms with E-state index < -0.39 is 11.8 Å². The fourth-order valence-electron chi connectivity index (χ4n) is 3.49. The Kier molecular flexibility index (Phi) is 4.19. The SMILES string of the molecule is CCOC(=O)/C(F)=C(/C)c1cc2c3c(c1)CCCN3CCC2. The number of halogens is 1. The van der Waals surface area contributed by atoms with Crippen LogP contribution < -0.4 is 4.90 Å². The Morgan fingerprint density at radius 3 is 2.36 bits per heavy atom. The summed E-state index contributed by atoms with van der Waals surface area (Å²) >= 11 is 0. The van der Waals surface area contributed by atoms with E-state index in [2.05, 4.69) is 4.90 Å². The van der Waals surface area contributed by atoms with E-state index in [9.17, 15) is 9.18 Å². The van der Waals surface area contributed by atoms with Gasteiger partial charge in [0, 0.05) is 18.8 Å². The molecule has 0 unspecified atom stereocenters. The first kappa shape index (κ1) is 15.1. The van der Waals surface area contributed by atoms with Crippen LogP contribution in [0.4, 0.5) is 10.1 Å². The number of nitrogens with zero attached hydrogens (tertiary/aromatic N) is 1. The van der Waals surface area contributed by atoms with Crippen LogP contribution in [0.25, 0.3) is 5.57 Å². The van der Waals surface area contributed by atoms with E-state index in [1.807, 2.05) is 12.1 Å². The van der Waals surface area contributed by atoms with Crippen molar-refractivity contribution in [2.75, 3.05) is 24.6 Å². The smallest absolute Gasteiger partial charge is 0.367 e. The first-order chi connectivity index (χ1) is 10.6. The second kappa shape index (κ2) is 6.11. The normalized spacial score (nSPS) is 17.7. The summed E-state index contributed by atoms with van der Waals surface area (Å²) in [5.41, 5.74) is 5.11. The molecule has 3 nitrogen and oxygen atoms in total. The molecule has 2 heterocycles. The number of ether oxygens (including phenoxy) is 1. The molecule has 2 aliphatic heterocycles. The Morgan fingerprint density at radius 2 is 1.82 bits per heavy atom. The van der Waals surface area contributed by atoms with Gasteiger partial charge < -0.3 is 9.64 Å². The zero-order valence-corrected chi connectivity index (χ0v) is 13.2. The van der Waals surface area contributed by atoms with Crippen molar-refractivity contribution in [3.05, 3.63) is 34.6 Å². The number of hydrogen-bond donors (Lipinski definition) is 0. The van der Waals surface area contributed by atoms with Gasteiger partial charge in [0.15, 0.2) is 0 Å². The van der Waals surface area contributed by atoms with E-state index in [1.54, 1.807) is 13.8 Å². The summed E-state index contributed by atoms with van der Waals surface area (Å²) in [7, 11) is 0. The molecule has 118 valence electrons. The monoisotopic (exact) mass is 303 g/mol. The molecule has 1 aromatic carbocycles. The number of benzene rings is 1. The van der Waals surface area contributed by atoms with Crippen LogP contribution in [0.5, 0.6) is 0 Å². The molecule has 0 atom stereocenters. The Labute approximate surface area is 130 Å². The topological polar surface area (TPSA) is 29.5 Å². The molecule has 0 radical (unpaired) electrons. The lowest BCUT2D eigenvalue weighted by molar-refractivity contribution is -0.140. The first-order valence-electron chi connectivity index (χ1n) is 8.06. The van der Waals surface area contributed by atoms with E-state index in [-0.39, 0.29) is 6.61 Å². The highest BCUT2D eigenvalue weighted by atomic mass is 19.1. The Bertz CT molecular complexity index is 605. The van der Waals surface area contributed by atoms with Crippen molar-refractivity contribution >= 4 is 17.2 Å². The van der Waals surface area contributed by atoms with Gasteiger partial charge in [-0.25, -0.2) is 4.79 Å². The maximum atomic E-state index is 14.2. The maximum absolute atomic E-state index is 14.2. The van der Waals surface area contributed by atoms with Crippen LogP contribution in [-0.2, 0) is 22.4 Å². The number of aryl methyl sites for hydroxylation is 2. The Balaban J connectivity index is 2.02. The molecule has 22 heavy (non-hydrogen) atoms. The number of hydrogen-bond acceptors (Lipinski definition) is 3. The summed E-state index contributed by atoms with van der Waals surface area (Å²) < 4.78 is 19.0. The number of carbonyl (C=O) groups is 1. The predicted molar refractivity (Wildman–Crippen MR) is 85.6 cm³/mol. The summed E-state index contributed by atoms with van der Waals surface area (Å²) in [5.74, 6) is -1.65. The molecule has 0 aliphatic carbocycles. The molecule has 0 N–H and O–H groups in total. The standard InChI is InChI=1S/C18H22FNO2/c1-3-22-18(21)16(19)12(2)15-10-13-6-4-8-20-9-5-7-14(11-15)17(13)20/h10-11H,3-9H2,1-2H3/b16-12+. The summed E-state index contributed by atoms with van der Waals surface area (Å²) in [6, 6.07) is 4.09. The van der Waals surface area contributed by atoms with Gasteiger partial charge in [0.1, 0.15) is 0 Å². The molecular formula is C18H22FNO2. The van der Waals surface area contributed by atoms with Gasteiger partial charge in [-0.15, -0.1) is 0 Å². The van der Waals surface area contributed by atoms with Gasteiger partial charge in [0.2, 0.25) is 5.83 Å². The summed E-state index contributed by atoms with van der Waals surface area (Å²) in [4.78, 5) is 14.0. The first-order valence-corrected chi connectivity index (χ1v) is 8.06. The van der Waals surface area contributed by atoms with Crippen molar-refractivity contribution in [2.24, 2.45) is 0 Å². The fraction of sp³-hybridized carbons (Fsp3) is 0.500. The van der Waals surface area contributed by atoms with Crippen LogP contribution >= 0.6 is 0 Å². The van der Waals surface area contributed by atoms with Crippen LogP contribution in [0.1, 0.15) is 43.4 Å². The predicted octanol–water partition coefficient (Wildman–Crippen LogP) is 3.65. The van der Waals surface area contributed by atoms with Crippen molar-refractivity contribution in [1.82, 2.24) is 0 Å². The minimum absolute atomic E-state index is 0.184. The third kappa shape index (κ3) is 2.62. The highest BCUT2D eigenvalue weighted by molar-refractivity contribution is 5.95. The van der Waals surface area contributed by atoms with Crippen LogP contribution in [0.3, 0.4) is 0 Å². The molecule has 0 fully saturated rings. The van der Waals surface area contributed by atoms with Gasteiger partial charge in [0.05, 0.1) is 6.61 Å². The summed E-state index contributed by atoms with van der Waals surface area (Å²) in [6.07, 6.45) is 4.33. The van der Waals surface area contributed by atoms with Crippen molar-refractivity contribution in [2.45, 2.75) is 39.5 Å². The van der Waals surface area contributed by atoms with Gasteiger partial charge in [0.25, 0.3) is 0 Å². The average molecular weight is 303 g/mol. The van der Waals surface area contributed by atoms with E-state index >= 15 is 0 Å². The fourth-order valence-corrected chi connectivity index (χ4v) is 3.49. The lowest BCUT2D eigenvalue weighted by Crippen LogP contribution is -2.34. The highest BCUT2D eigenvalue weighted by Gasteiger charge is 2.25.